The fraction of sp³-hybridized carbons (Fsp3) is 0.250. The zero-order valence-corrected chi connectivity index (χ0v) is 12.5. The molecule has 0 heterocycles. The van der Waals surface area contributed by atoms with E-state index >= 15 is 0 Å². The summed E-state index contributed by atoms with van der Waals surface area (Å²) in [7, 11) is 2.95. The van der Waals surface area contributed by atoms with E-state index in [1.165, 1.54) is 20.3 Å². The topological polar surface area (TPSA) is 38.7 Å². The van der Waals surface area contributed by atoms with Crippen molar-refractivity contribution in [1.29, 1.82) is 0 Å². The fourth-order valence-corrected chi connectivity index (χ4v) is 2.49. The molecule has 1 N–H and O–H groups in total. The number of methoxy groups -OCH3 is 2. The van der Waals surface area contributed by atoms with Gasteiger partial charge in [0.2, 0.25) is 0 Å². The molecular formula is C16H16ClFO3. The number of halogens is 2. The summed E-state index contributed by atoms with van der Waals surface area (Å²) >= 11 is 6.16. The van der Waals surface area contributed by atoms with Crippen LogP contribution in [0.2, 0.25) is 5.02 Å². The van der Waals surface area contributed by atoms with Gasteiger partial charge in [-0.3, -0.25) is 0 Å². The van der Waals surface area contributed by atoms with Gasteiger partial charge >= 0.3 is 0 Å². The molecule has 0 aliphatic heterocycles. The van der Waals surface area contributed by atoms with Crippen molar-refractivity contribution in [2.45, 2.75) is 12.5 Å². The van der Waals surface area contributed by atoms with Gasteiger partial charge in [-0.2, -0.15) is 0 Å². The summed E-state index contributed by atoms with van der Waals surface area (Å²) in [6.45, 7) is 0. The first-order valence-corrected chi connectivity index (χ1v) is 6.78. The molecule has 2 aromatic rings. The van der Waals surface area contributed by atoms with Gasteiger partial charge in [-0.25, -0.2) is 4.39 Å². The predicted molar refractivity (Wildman–Crippen MR) is 79.6 cm³/mol. The standard InChI is InChI=1S/C16H16ClFO3/c1-20-14-8-7-11(16(21-2)15(14)17)13(19)9-10-5-3-4-6-12(10)18/h3-8,13,19H,9H2,1-2H3. The lowest BCUT2D eigenvalue weighted by atomic mass is 10.00. The number of hydrogen-bond acceptors (Lipinski definition) is 3. The van der Waals surface area contributed by atoms with Crippen molar-refractivity contribution < 1.29 is 19.0 Å². The Balaban J connectivity index is 2.33. The second kappa shape index (κ2) is 6.78. The van der Waals surface area contributed by atoms with Crippen LogP contribution in [0.1, 0.15) is 17.2 Å². The number of rotatable bonds is 5. The van der Waals surface area contributed by atoms with Crippen LogP contribution in [0, 0.1) is 5.82 Å². The Hall–Kier alpha value is -1.78. The maximum absolute atomic E-state index is 13.7. The van der Waals surface area contributed by atoms with Crippen LogP contribution in [0.5, 0.6) is 11.5 Å². The molecule has 2 aromatic carbocycles. The Labute approximate surface area is 127 Å². The van der Waals surface area contributed by atoms with Crippen molar-refractivity contribution >= 4 is 11.6 Å². The lowest BCUT2D eigenvalue weighted by molar-refractivity contribution is 0.172. The van der Waals surface area contributed by atoms with Crippen LogP contribution in [-0.4, -0.2) is 19.3 Å². The van der Waals surface area contributed by atoms with Crippen LogP contribution in [0.4, 0.5) is 4.39 Å². The highest BCUT2D eigenvalue weighted by atomic mass is 35.5. The fourth-order valence-electron chi connectivity index (χ4n) is 2.16. The normalized spacial score (nSPS) is 12.0. The molecular weight excluding hydrogens is 295 g/mol. The van der Waals surface area contributed by atoms with E-state index in [2.05, 4.69) is 0 Å². The third-order valence-electron chi connectivity index (χ3n) is 3.25. The van der Waals surface area contributed by atoms with Gasteiger partial charge in [0.15, 0.2) is 0 Å². The van der Waals surface area contributed by atoms with Crippen molar-refractivity contribution in [3.8, 4) is 11.5 Å². The van der Waals surface area contributed by atoms with E-state index in [0.29, 0.717) is 22.6 Å². The minimum Gasteiger partial charge on any atom is -0.495 e. The molecule has 0 bridgehead atoms. The smallest absolute Gasteiger partial charge is 0.147 e. The first-order chi connectivity index (χ1) is 10.1. The molecule has 112 valence electrons. The Kier molecular flexibility index (Phi) is 5.04. The van der Waals surface area contributed by atoms with Gasteiger partial charge in [0.25, 0.3) is 0 Å². The van der Waals surface area contributed by atoms with Crippen LogP contribution in [0.3, 0.4) is 0 Å². The van der Waals surface area contributed by atoms with Crippen molar-refractivity contribution in [3.05, 3.63) is 58.4 Å². The molecule has 0 fully saturated rings. The molecule has 0 amide bonds. The van der Waals surface area contributed by atoms with Crippen molar-refractivity contribution in [2.24, 2.45) is 0 Å². The monoisotopic (exact) mass is 310 g/mol. The second-order valence-corrected chi connectivity index (χ2v) is 4.89. The molecule has 0 saturated heterocycles. The van der Waals surface area contributed by atoms with Crippen molar-refractivity contribution in [1.82, 2.24) is 0 Å². The minimum atomic E-state index is -0.930. The summed E-state index contributed by atoms with van der Waals surface area (Å²) in [5.74, 6) is 0.435. The third kappa shape index (κ3) is 3.28. The number of hydrogen-bond donors (Lipinski definition) is 1. The Bertz CT molecular complexity index is 631. The summed E-state index contributed by atoms with van der Waals surface area (Å²) in [6, 6.07) is 9.63. The number of ether oxygens (including phenoxy) is 2. The van der Waals surface area contributed by atoms with Crippen LogP contribution in [0.15, 0.2) is 36.4 Å². The average Bonchev–Trinajstić information content (AvgIpc) is 2.49. The van der Waals surface area contributed by atoms with E-state index in [1.807, 2.05) is 0 Å². The van der Waals surface area contributed by atoms with Gasteiger partial charge < -0.3 is 14.6 Å². The molecule has 3 nitrogen and oxygen atoms in total. The molecule has 0 saturated carbocycles. The predicted octanol–water partition coefficient (Wildman–Crippen LogP) is 3.77. The maximum atomic E-state index is 13.7. The van der Waals surface area contributed by atoms with E-state index in [-0.39, 0.29) is 17.3 Å². The number of benzene rings is 2. The summed E-state index contributed by atoms with van der Waals surface area (Å²) in [6.07, 6.45) is -0.800. The Morgan fingerprint density at radius 1 is 1.14 bits per heavy atom. The summed E-state index contributed by atoms with van der Waals surface area (Å²) in [4.78, 5) is 0. The zero-order chi connectivity index (χ0) is 15.4. The second-order valence-electron chi connectivity index (χ2n) is 4.52. The summed E-state index contributed by atoms with van der Waals surface area (Å²) in [5, 5.41) is 10.6. The molecule has 2 rings (SSSR count). The number of aliphatic hydroxyl groups is 1. The van der Waals surface area contributed by atoms with E-state index in [9.17, 15) is 9.50 Å². The van der Waals surface area contributed by atoms with Crippen LogP contribution in [-0.2, 0) is 6.42 Å². The van der Waals surface area contributed by atoms with Crippen molar-refractivity contribution in [2.75, 3.05) is 14.2 Å². The maximum Gasteiger partial charge on any atom is 0.147 e. The summed E-state index contributed by atoms with van der Waals surface area (Å²) in [5.41, 5.74) is 0.922. The highest BCUT2D eigenvalue weighted by Crippen LogP contribution is 2.40. The molecule has 0 spiro atoms. The van der Waals surface area contributed by atoms with Crippen LogP contribution >= 0.6 is 11.6 Å². The van der Waals surface area contributed by atoms with E-state index < -0.39 is 6.10 Å². The molecule has 0 aliphatic carbocycles. The lowest BCUT2D eigenvalue weighted by Crippen LogP contribution is -2.06. The Morgan fingerprint density at radius 2 is 1.86 bits per heavy atom. The SMILES string of the molecule is COc1ccc(C(O)Cc2ccccc2F)c(OC)c1Cl. The number of aliphatic hydroxyl groups excluding tert-OH is 1. The van der Waals surface area contributed by atoms with Crippen LogP contribution in [0.25, 0.3) is 0 Å². The van der Waals surface area contributed by atoms with E-state index in [4.69, 9.17) is 21.1 Å². The van der Waals surface area contributed by atoms with Gasteiger partial charge in [0.05, 0.1) is 20.3 Å². The largest absolute Gasteiger partial charge is 0.495 e. The zero-order valence-electron chi connectivity index (χ0n) is 11.8. The third-order valence-corrected chi connectivity index (χ3v) is 3.60. The van der Waals surface area contributed by atoms with Gasteiger partial charge in [0.1, 0.15) is 22.3 Å². The highest BCUT2D eigenvalue weighted by molar-refractivity contribution is 6.33. The quantitative estimate of drug-likeness (QED) is 0.913. The van der Waals surface area contributed by atoms with Gasteiger partial charge in [0, 0.05) is 12.0 Å². The lowest BCUT2D eigenvalue weighted by Gasteiger charge is -2.17. The molecule has 1 unspecified atom stereocenters. The average molecular weight is 311 g/mol. The van der Waals surface area contributed by atoms with Gasteiger partial charge in [-0.1, -0.05) is 29.8 Å². The molecule has 0 radical (unpaired) electrons. The van der Waals surface area contributed by atoms with E-state index in [0.717, 1.165) is 0 Å². The highest BCUT2D eigenvalue weighted by Gasteiger charge is 2.20. The molecule has 21 heavy (non-hydrogen) atoms. The van der Waals surface area contributed by atoms with Crippen LogP contribution < -0.4 is 9.47 Å². The first kappa shape index (κ1) is 15.6. The van der Waals surface area contributed by atoms with Gasteiger partial charge in [-0.15, -0.1) is 0 Å². The summed E-state index contributed by atoms with van der Waals surface area (Å²) < 4.78 is 24.0. The van der Waals surface area contributed by atoms with Gasteiger partial charge in [-0.05, 0) is 23.8 Å². The molecule has 0 aliphatic rings. The van der Waals surface area contributed by atoms with Crippen molar-refractivity contribution in [3.63, 3.8) is 0 Å². The molecule has 0 aromatic heterocycles. The van der Waals surface area contributed by atoms with E-state index in [1.54, 1.807) is 30.3 Å². The Morgan fingerprint density at radius 3 is 2.48 bits per heavy atom. The molecule has 1 atom stereocenters. The minimum absolute atomic E-state index is 0.131. The first-order valence-electron chi connectivity index (χ1n) is 6.40. The molecule has 5 heteroatoms.